The molecule has 0 radical (unpaired) electrons. The molecule has 0 saturated carbocycles. The monoisotopic (exact) mass is 257 g/mol. The summed E-state index contributed by atoms with van der Waals surface area (Å²) in [4.78, 5) is 0. The minimum absolute atomic E-state index is 0.106. The van der Waals surface area contributed by atoms with Crippen LogP contribution in [0.15, 0.2) is 42.5 Å². The molecule has 0 saturated heterocycles. The summed E-state index contributed by atoms with van der Waals surface area (Å²) in [5.74, 6) is 0.621. The van der Waals surface area contributed by atoms with Gasteiger partial charge in [0.2, 0.25) is 0 Å². The molecular formula is C15H12FNO2. The Morgan fingerprint density at radius 2 is 1.95 bits per heavy atom. The van der Waals surface area contributed by atoms with Crippen molar-refractivity contribution in [3.8, 4) is 17.6 Å². The fourth-order valence-electron chi connectivity index (χ4n) is 1.63. The molecule has 0 spiro atoms. The van der Waals surface area contributed by atoms with E-state index in [-0.39, 0.29) is 12.4 Å². The second-order valence-corrected chi connectivity index (χ2v) is 3.86. The number of nitriles is 1. The van der Waals surface area contributed by atoms with Crippen LogP contribution < -0.4 is 9.47 Å². The van der Waals surface area contributed by atoms with Gasteiger partial charge >= 0.3 is 0 Å². The highest BCUT2D eigenvalue weighted by Crippen LogP contribution is 2.28. The van der Waals surface area contributed by atoms with Gasteiger partial charge in [-0.05, 0) is 18.2 Å². The third kappa shape index (κ3) is 3.02. The maximum atomic E-state index is 13.4. The Morgan fingerprint density at radius 1 is 1.16 bits per heavy atom. The summed E-state index contributed by atoms with van der Waals surface area (Å²) in [6.45, 7) is 0.106. The van der Waals surface area contributed by atoms with Gasteiger partial charge in [0.25, 0.3) is 0 Å². The second kappa shape index (κ2) is 5.87. The first-order chi connectivity index (χ1) is 9.24. The van der Waals surface area contributed by atoms with Crippen LogP contribution in [0, 0.1) is 17.1 Å². The Hall–Kier alpha value is -2.54. The van der Waals surface area contributed by atoms with Crippen molar-refractivity contribution < 1.29 is 13.9 Å². The summed E-state index contributed by atoms with van der Waals surface area (Å²) >= 11 is 0. The lowest BCUT2D eigenvalue weighted by molar-refractivity contribution is 0.279. The van der Waals surface area contributed by atoms with E-state index < -0.39 is 0 Å². The summed E-state index contributed by atoms with van der Waals surface area (Å²) in [5, 5.41) is 8.80. The molecule has 0 aliphatic carbocycles. The summed E-state index contributed by atoms with van der Waals surface area (Å²) in [7, 11) is 1.49. The van der Waals surface area contributed by atoms with Crippen LogP contribution in [-0.2, 0) is 6.61 Å². The van der Waals surface area contributed by atoms with Crippen molar-refractivity contribution in [1.82, 2.24) is 0 Å². The highest BCUT2D eigenvalue weighted by atomic mass is 19.1. The van der Waals surface area contributed by atoms with E-state index in [0.29, 0.717) is 22.6 Å². The molecule has 96 valence electrons. The minimum atomic E-state index is -0.310. The predicted molar refractivity (Wildman–Crippen MR) is 68.4 cm³/mol. The fraction of sp³-hybridized carbons (Fsp3) is 0.133. The molecule has 2 rings (SSSR count). The molecule has 0 amide bonds. The quantitative estimate of drug-likeness (QED) is 0.844. The normalized spacial score (nSPS) is 9.74. The van der Waals surface area contributed by atoms with Crippen LogP contribution in [0.3, 0.4) is 0 Å². The van der Waals surface area contributed by atoms with Gasteiger partial charge in [0.15, 0.2) is 11.5 Å². The van der Waals surface area contributed by atoms with Gasteiger partial charge in [-0.25, -0.2) is 4.39 Å². The number of rotatable bonds is 4. The standard InChI is InChI=1S/C15H12FNO2/c1-18-15-8-11(9-17)6-7-14(15)19-10-12-4-2-3-5-13(12)16/h2-8H,10H2,1H3. The maximum absolute atomic E-state index is 13.4. The highest BCUT2D eigenvalue weighted by Gasteiger charge is 2.07. The molecular weight excluding hydrogens is 245 g/mol. The number of ether oxygens (including phenoxy) is 2. The molecule has 0 unspecified atom stereocenters. The largest absolute Gasteiger partial charge is 0.493 e. The van der Waals surface area contributed by atoms with Gasteiger partial charge in [-0.2, -0.15) is 5.26 Å². The smallest absolute Gasteiger partial charge is 0.162 e. The van der Waals surface area contributed by atoms with E-state index in [1.54, 1.807) is 36.4 Å². The van der Waals surface area contributed by atoms with Crippen molar-refractivity contribution >= 4 is 0 Å². The van der Waals surface area contributed by atoms with Crippen LogP contribution in [-0.4, -0.2) is 7.11 Å². The predicted octanol–water partition coefficient (Wildman–Crippen LogP) is 3.28. The van der Waals surface area contributed by atoms with Gasteiger partial charge in [-0.3, -0.25) is 0 Å². The first kappa shape index (κ1) is 12.9. The third-order valence-corrected chi connectivity index (χ3v) is 2.63. The van der Waals surface area contributed by atoms with Crippen molar-refractivity contribution in [3.05, 3.63) is 59.4 Å². The number of nitrogens with zero attached hydrogens (tertiary/aromatic N) is 1. The Labute approximate surface area is 110 Å². The van der Waals surface area contributed by atoms with Crippen molar-refractivity contribution in [1.29, 1.82) is 5.26 Å². The van der Waals surface area contributed by atoms with E-state index in [4.69, 9.17) is 14.7 Å². The van der Waals surface area contributed by atoms with Crippen molar-refractivity contribution in [3.63, 3.8) is 0 Å². The van der Waals surface area contributed by atoms with E-state index in [1.165, 1.54) is 13.2 Å². The third-order valence-electron chi connectivity index (χ3n) is 2.63. The van der Waals surface area contributed by atoms with Crippen LogP contribution in [0.25, 0.3) is 0 Å². The molecule has 0 fully saturated rings. The zero-order valence-corrected chi connectivity index (χ0v) is 10.4. The number of methoxy groups -OCH3 is 1. The van der Waals surface area contributed by atoms with E-state index in [1.807, 2.05) is 6.07 Å². The molecule has 0 aliphatic heterocycles. The summed E-state index contributed by atoms with van der Waals surface area (Å²) in [6.07, 6.45) is 0. The SMILES string of the molecule is COc1cc(C#N)ccc1OCc1ccccc1F. The Balaban J connectivity index is 2.16. The second-order valence-electron chi connectivity index (χ2n) is 3.86. The first-order valence-corrected chi connectivity index (χ1v) is 5.69. The summed E-state index contributed by atoms with van der Waals surface area (Å²) < 4.78 is 24.1. The van der Waals surface area contributed by atoms with Crippen LogP contribution in [0.2, 0.25) is 0 Å². The molecule has 0 aromatic heterocycles. The van der Waals surface area contributed by atoms with Crippen molar-refractivity contribution in [2.75, 3.05) is 7.11 Å². The zero-order chi connectivity index (χ0) is 13.7. The molecule has 2 aromatic carbocycles. The number of benzene rings is 2. The van der Waals surface area contributed by atoms with Crippen LogP contribution in [0.1, 0.15) is 11.1 Å². The minimum Gasteiger partial charge on any atom is -0.493 e. The number of hydrogen-bond acceptors (Lipinski definition) is 3. The number of hydrogen-bond donors (Lipinski definition) is 0. The molecule has 2 aromatic rings. The van der Waals surface area contributed by atoms with E-state index in [0.717, 1.165) is 0 Å². The average Bonchev–Trinajstić information content (AvgIpc) is 2.46. The van der Waals surface area contributed by atoms with Crippen LogP contribution in [0.5, 0.6) is 11.5 Å². The van der Waals surface area contributed by atoms with Crippen molar-refractivity contribution in [2.45, 2.75) is 6.61 Å². The average molecular weight is 257 g/mol. The fourth-order valence-corrected chi connectivity index (χ4v) is 1.63. The lowest BCUT2D eigenvalue weighted by Gasteiger charge is -2.11. The molecule has 0 heterocycles. The highest BCUT2D eigenvalue weighted by molar-refractivity contribution is 5.46. The Kier molecular flexibility index (Phi) is 3.99. The first-order valence-electron chi connectivity index (χ1n) is 5.69. The molecule has 3 nitrogen and oxygen atoms in total. The zero-order valence-electron chi connectivity index (χ0n) is 10.4. The van der Waals surface area contributed by atoms with Gasteiger partial charge in [0.05, 0.1) is 18.7 Å². The molecule has 0 aliphatic rings. The summed E-state index contributed by atoms with van der Waals surface area (Å²) in [6, 6.07) is 13.3. The molecule has 0 bridgehead atoms. The molecule has 4 heteroatoms. The Morgan fingerprint density at radius 3 is 2.63 bits per heavy atom. The topological polar surface area (TPSA) is 42.2 Å². The van der Waals surface area contributed by atoms with Gasteiger partial charge in [0, 0.05) is 11.6 Å². The lowest BCUT2D eigenvalue weighted by Crippen LogP contribution is -2.00. The van der Waals surface area contributed by atoms with E-state index in [2.05, 4.69) is 0 Å². The van der Waals surface area contributed by atoms with Gasteiger partial charge in [-0.1, -0.05) is 18.2 Å². The van der Waals surface area contributed by atoms with Gasteiger partial charge < -0.3 is 9.47 Å². The summed E-state index contributed by atoms with van der Waals surface area (Å²) in [5.41, 5.74) is 0.948. The van der Waals surface area contributed by atoms with E-state index in [9.17, 15) is 4.39 Å². The van der Waals surface area contributed by atoms with Gasteiger partial charge in [-0.15, -0.1) is 0 Å². The van der Waals surface area contributed by atoms with Crippen LogP contribution in [0.4, 0.5) is 4.39 Å². The molecule has 19 heavy (non-hydrogen) atoms. The molecule has 0 N–H and O–H groups in total. The Bertz CT molecular complexity index is 620. The maximum Gasteiger partial charge on any atom is 0.162 e. The lowest BCUT2D eigenvalue weighted by atomic mass is 10.2. The molecule has 0 atom stereocenters. The van der Waals surface area contributed by atoms with Gasteiger partial charge in [0.1, 0.15) is 12.4 Å². The van der Waals surface area contributed by atoms with E-state index >= 15 is 0 Å². The van der Waals surface area contributed by atoms with Crippen LogP contribution >= 0.6 is 0 Å². The number of halogens is 1. The van der Waals surface area contributed by atoms with Crippen molar-refractivity contribution in [2.24, 2.45) is 0 Å².